The van der Waals surface area contributed by atoms with Crippen molar-refractivity contribution in [1.82, 2.24) is 10.2 Å². The first-order valence-corrected chi connectivity index (χ1v) is 5.32. The number of nitrogens with zero attached hydrogens (tertiary/aromatic N) is 1. The summed E-state index contributed by atoms with van der Waals surface area (Å²) in [5, 5.41) is 3.61. The van der Waals surface area contributed by atoms with E-state index in [0.29, 0.717) is 0 Å². The summed E-state index contributed by atoms with van der Waals surface area (Å²) >= 11 is 0. The highest BCUT2D eigenvalue weighted by atomic mass is 15.2. The lowest BCUT2D eigenvalue weighted by molar-refractivity contribution is 0.275. The van der Waals surface area contributed by atoms with Gasteiger partial charge in [-0.05, 0) is 32.5 Å². The van der Waals surface area contributed by atoms with E-state index in [2.05, 4.69) is 24.1 Å². The average Bonchev–Trinajstić information content (AvgIpc) is 2.30. The van der Waals surface area contributed by atoms with Gasteiger partial charge < -0.3 is 10.2 Å². The number of rotatable bonds is 3. The predicted octanol–water partition coefficient (Wildman–Crippen LogP) is 1.47. The normalized spacial score (nSPS) is 27.0. The maximum Gasteiger partial charge on any atom is 0.0194 e. The second-order valence-corrected chi connectivity index (χ2v) is 3.69. The Bertz CT molecular complexity index is 114. The fourth-order valence-corrected chi connectivity index (χ4v) is 1.91. The van der Waals surface area contributed by atoms with Crippen molar-refractivity contribution in [2.24, 2.45) is 0 Å². The standard InChI is InChI=1S/C10H22N2/c1-3-6-10-9-12(4-2)8-5-7-11-10/h10-11H,3-9H2,1-2H3. The van der Waals surface area contributed by atoms with Gasteiger partial charge in [-0.3, -0.25) is 0 Å². The van der Waals surface area contributed by atoms with Crippen molar-refractivity contribution < 1.29 is 0 Å². The Labute approximate surface area is 76.3 Å². The molecular formula is C10H22N2. The van der Waals surface area contributed by atoms with Crippen LogP contribution in [0, 0.1) is 0 Å². The molecule has 1 N–H and O–H groups in total. The van der Waals surface area contributed by atoms with Crippen LogP contribution in [-0.2, 0) is 0 Å². The fraction of sp³-hybridized carbons (Fsp3) is 1.00. The molecule has 1 rings (SSSR count). The van der Waals surface area contributed by atoms with Crippen LogP contribution < -0.4 is 5.32 Å². The number of hydrogen-bond acceptors (Lipinski definition) is 2. The minimum atomic E-state index is 0.748. The molecule has 1 atom stereocenters. The summed E-state index contributed by atoms with van der Waals surface area (Å²) in [6.07, 6.45) is 3.94. The molecule has 1 heterocycles. The van der Waals surface area contributed by atoms with Gasteiger partial charge in [0.2, 0.25) is 0 Å². The summed E-state index contributed by atoms with van der Waals surface area (Å²) in [7, 11) is 0. The van der Waals surface area contributed by atoms with Gasteiger partial charge in [-0.2, -0.15) is 0 Å². The quantitative estimate of drug-likeness (QED) is 0.690. The topological polar surface area (TPSA) is 15.3 Å². The highest BCUT2D eigenvalue weighted by Crippen LogP contribution is 2.04. The van der Waals surface area contributed by atoms with E-state index in [-0.39, 0.29) is 0 Å². The van der Waals surface area contributed by atoms with E-state index in [1.54, 1.807) is 0 Å². The third kappa shape index (κ3) is 3.11. The third-order valence-corrected chi connectivity index (χ3v) is 2.65. The van der Waals surface area contributed by atoms with Gasteiger partial charge >= 0.3 is 0 Å². The lowest BCUT2D eigenvalue weighted by atomic mass is 10.1. The van der Waals surface area contributed by atoms with E-state index in [0.717, 1.165) is 6.04 Å². The lowest BCUT2D eigenvalue weighted by Gasteiger charge is -2.22. The molecule has 72 valence electrons. The Kier molecular flexibility index (Phi) is 4.62. The van der Waals surface area contributed by atoms with Crippen LogP contribution >= 0.6 is 0 Å². The highest BCUT2D eigenvalue weighted by Gasteiger charge is 2.14. The minimum Gasteiger partial charge on any atom is -0.313 e. The highest BCUT2D eigenvalue weighted by molar-refractivity contribution is 4.75. The molecule has 0 radical (unpaired) electrons. The molecule has 0 aliphatic carbocycles. The van der Waals surface area contributed by atoms with Gasteiger partial charge in [-0.15, -0.1) is 0 Å². The van der Waals surface area contributed by atoms with Crippen LogP contribution in [0.2, 0.25) is 0 Å². The zero-order valence-electron chi connectivity index (χ0n) is 8.47. The summed E-state index contributed by atoms with van der Waals surface area (Å²) in [6, 6.07) is 0.748. The molecule has 1 unspecified atom stereocenters. The molecule has 2 nitrogen and oxygen atoms in total. The lowest BCUT2D eigenvalue weighted by Crippen LogP contribution is -2.37. The summed E-state index contributed by atoms with van der Waals surface area (Å²) in [5.74, 6) is 0. The van der Waals surface area contributed by atoms with Crippen LogP contribution in [0.25, 0.3) is 0 Å². The van der Waals surface area contributed by atoms with Gasteiger partial charge in [0.05, 0.1) is 0 Å². The monoisotopic (exact) mass is 170 g/mol. The van der Waals surface area contributed by atoms with Crippen LogP contribution in [0.4, 0.5) is 0 Å². The predicted molar refractivity (Wildman–Crippen MR) is 53.4 cm³/mol. The van der Waals surface area contributed by atoms with E-state index >= 15 is 0 Å². The average molecular weight is 170 g/mol. The van der Waals surface area contributed by atoms with Crippen molar-refractivity contribution >= 4 is 0 Å². The van der Waals surface area contributed by atoms with Crippen LogP contribution in [0.1, 0.15) is 33.1 Å². The van der Waals surface area contributed by atoms with Gasteiger partial charge in [0.25, 0.3) is 0 Å². The Hall–Kier alpha value is -0.0800. The maximum absolute atomic E-state index is 3.61. The van der Waals surface area contributed by atoms with Gasteiger partial charge in [0.15, 0.2) is 0 Å². The Morgan fingerprint density at radius 3 is 2.92 bits per heavy atom. The molecule has 1 fully saturated rings. The molecule has 2 heteroatoms. The molecule has 12 heavy (non-hydrogen) atoms. The molecule has 0 saturated carbocycles. The zero-order chi connectivity index (χ0) is 8.81. The maximum atomic E-state index is 3.61. The van der Waals surface area contributed by atoms with Crippen LogP contribution in [0.5, 0.6) is 0 Å². The first-order chi connectivity index (χ1) is 5.86. The van der Waals surface area contributed by atoms with Gasteiger partial charge in [0, 0.05) is 12.6 Å². The molecule has 1 aliphatic rings. The molecule has 0 aromatic rings. The Balaban J connectivity index is 2.31. The molecule has 0 aromatic carbocycles. The van der Waals surface area contributed by atoms with Crippen LogP contribution in [-0.4, -0.2) is 37.1 Å². The van der Waals surface area contributed by atoms with Crippen molar-refractivity contribution in [2.45, 2.75) is 39.2 Å². The molecule has 0 aromatic heterocycles. The molecular weight excluding hydrogens is 148 g/mol. The van der Waals surface area contributed by atoms with Gasteiger partial charge in [0.1, 0.15) is 0 Å². The SMILES string of the molecule is CCCC1CN(CC)CCCN1. The minimum absolute atomic E-state index is 0.748. The number of hydrogen-bond donors (Lipinski definition) is 1. The summed E-state index contributed by atoms with van der Waals surface area (Å²) < 4.78 is 0. The Morgan fingerprint density at radius 2 is 2.25 bits per heavy atom. The van der Waals surface area contributed by atoms with Crippen LogP contribution in [0.15, 0.2) is 0 Å². The van der Waals surface area contributed by atoms with Crippen molar-refractivity contribution in [1.29, 1.82) is 0 Å². The van der Waals surface area contributed by atoms with Crippen LogP contribution in [0.3, 0.4) is 0 Å². The summed E-state index contributed by atoms with van der Waals surface area (Å²) in [5.41, 5.74) is 0. The smallest absolute Gasteiger partial charge is 0.0194 e. The van der Waals surface area contributed by atoms with E-state index in [1.165, 1.54) is 45.4 Å². The molecule has 0 amide bonds. The molecule has 1 aliphatic heterocycles. The van der Waals surface area contributed by atoms with Crippen molar-refractivity contribution in [3.8, 4) is 0 Å². The summed E-state index contributed by atoms with van der Waals surface area (Å²) in [6.45, 7) is 9.48. The first kappa shape index (κ1) is 10.0. The third-order valence-electron chi connectivity index (χ3n) is 2.65. The largest absolute Gasteiger partial charge is 0.313 e. The van der Waals surface area contributed by atoms with E-state index < -0.39 is 0 Å². The second kappa shape index (κ2) is 5.55. The number of nitrogens with one attached hydrogen (secondary N) is 1. The van der Waals surface area contributed by atoms with Gasteiger partial charge in [-0.25, -0.2) is 0 Å². The summed E-state index contributed by atoms with van der Waals surface area (Å²) in [4.78, 5) is 2.56. The van der Waals surface area contributed by atoms with E-state index in [1.807, 2.05) is 0 Å². The Morgan fingerprint density at radius 1 is 1.42 bits per heavy atom. The second-order valence-electron chi connectivity index (χ2n) is 3.69. The van der Waals surface area contributed by atoms with Crippen molar-refractivity contribution in [3.63, 3.8) is 0 Å². The van der Waals surface area contributed by atoms with E-state index in [9.17, 15) is 0 Å². The first-order valence-electron chi connectivity index (χ1n) is 5.32. The molecule has 0 bridgehead atoms. The zero-order valence-corrected chi connectivity index (χ0v) is 8.47. The fourth-order valence-electron chi connectivity index (χ4n) is 1.91. The van der Waals surface area contributed by atoms with Crippen molar-refractivity contribution in [3.05, 3.63) is 0 Å². The van der Waals surface area contributed by atoms with Crippen molar-refractivity contribution in [2.75, 3.05) is 26.2 Å². The van der Waals surface area contributed by atoms with Gasteiger partial charge in [-0.1, -0.05) is 20.3 Å². The van der Waals surface area contributed by atoms with E-state index in [4.69, 9.17) is 0 Å². The molecule has 1 saturated heterocycles. The number of likely N-dealkylation sites (N-methyl/N-ethyl adjacent to an activating group) is 1. The molecule has 0 spiro atoms.